The smallest absolute Gasteiger partial charge is 0.356 e. The number of aryl methyl sites for hydroxylation is 1. The maximum absolute atomic E-state index is 13.3. The summed E-state index contributed by atoms with van der Waals surface area (Å²) in [4.78, 5) is 12.5. The number of hydrogen-bond acceptors (Lipinski definition) is 4. The highest BCUT2D eigenvalue weighted by molar-refractivity contribution is 7.91. The van der Waals surface area contributed by atoms with E-state index in [9.17, 15) is 13.2 Å². The fraction of sp³-hybridized carbons (Fsp3) is 0.0455. The van der Waals surface area contributed by atoms with Crippen molar-refractivity contribution in [3.05, 3.63) is 94.8 Å². The van der Waals surface area contributed by atoms with Crippen molar-refractivity contribution in [2.24, 2.45) is 0 Å². The van der Waals surface area contributed by atoms with Crippen LogP contribution in [0.1, 0.15) is 5.56 Å². The van der Waals surface area contributed by atoms with Crippen LogP contribution in [0.3, 0.4) is 0 Å². The number of sulfone groups is 1. The second-order valence-corrected chi connectivity index (χ2v) is 8.16. The molecule has 0 saturated carbocycles. The average Bonchev–Trinajstić information content (AvgIpc) is 2.68. The van der Waals surface area contributed by atoms with Crippen LogP contribution in [-0.4, -0.2) is 8.42 Å². The Hall–Kier alpha value is -3.18. The first-order valence-corrected chi connectivity index (χ1v) is 9.90. The summed E-state index contributed by atoms with van der Waals surface area (Å²) in [7, 11) is -4.06. The molecule has 4 nitrogen and oxygen atoms in total. The highest BCUT2D eigenvalue weighted by atomic mass is 32.2. The van der Waals surface area contributed by atoms with E-state index in [1.807, 2.05) is 37.3 Å². The largest absolute Gasteiger partial charge is 0.422 e. The Morgan fingerprint density at radius 2 is 1.44 bits per heavy atom. The Morgan fingerprint density at radius 1 is 0.815 bits per heavy atom. The van der Waals surface area contributed by atoms with E-state index >= 15 is 0 Å². The third-order valence-electron chi connectivity index (χ3n) is 4.40. The molecule has 1 heterocycles. The maximum atomic E-state index is 13.3. The van der Waals surface area contributed by atoms with Crippen molar-refractivity contribution in [3.8, 4) is 11.1 Å². The molecule has 27 heavy (non-hydrogen) atoms. The Bertz CT molecular complexity index is 1290. The Kier molecular flexibility index (Phi) is 4.16. The first-order valence-electron chi connectivity index (χ1n) is 8.41. The summed E-state index contributed by atoms with van der Waals surface area (Å²) < 4.78 is 32.0. The molecule has 134 valence electrons. The molecule has 4 rings (SSSR count). The summed E-state index contributed by atoms with van der Waals surface area (Å²) in [5.41, 5.74) is 1.45. The van der Waals surface area contributed by atoms with Gasteiger partial charge in [-0.2, -0.15) is 0 Å². The molecular weight excluding hydrogens is 360 g/mol. The quantitative estimate of drug-likeness (QED) is 0.490. The van der Waals surface area contributed by atoms with Crippen LogP contribution in [0.4, 0.5) is 0 Å². The van der Waals surface area contributed by atoms with Crippen LogP contribution in [0.5, 0.6) is 0 Å². The molecule has 0 radical (unpaired) electrons. The van der Waals surface area contributed by atoms with Crippen LogP contribution in [0, 0.1) is 6.92 Å². The zero-order valence-corrected chi connectivity index (χ0v) is 15.4. The molecule has 4 aromatic rings. The van der Waals surface area contributed by atoms with Gasteiger partial charge in [-0.1, -0.05) is 60.2 Å². The lowest BCUT2D eigenvalue weighted by Gasteiger charge is -2.13. The summed E-state index contributed by atoms with van der Waals surface area (Å²) >= 11 is 0. The first-order chi connectivity index (χ1) is 13.0. The average molecular weight is 376 g/mol. The lowest BCUT2D eigenvalue weighted by molar-refractivity contribution is 0.533. The zero-order chi connectivity index (χ0) is 19.0. The predicted octanol–water partition coefficient (Wildman–Crippen LogP) is 4.60. The highest BCUT2D eigenvalue weighted by Crippen LogP contribution is 2.35. The van der Waals surface area contributed by atoms with E-state index in [-0.39, 0.29) is 9.79 Å². The van der Waals surface area contributed by atoms with Crippen LogP contribution in [0.25, 0.3) is 22.1 Å². The lowest BCUT2D eigenvalue weighted by atomic mass is 10.0. The van der Waals surface area contributed by atoms with Gasteiger partial charge in [0.05, 0.1) is 4.90 Å². The van der Waals surface area contributed by atoms with Crippen molar-refractivity contribution in [2.45, 2.75) is 16.7 Å². The molecule has 0 saturated heterocycles. The molecule has 0 spiro atoms. The van der Waals surface area contributed by atoms with Crippen LogP contribution in [0.2, 0.25) is 0 Å². The van der Waals surface area contributed by atoms with Gasteiger partial charge < -0.3 is 4.42 Å². The van der Waals surface area contributed by atoms with E-state index in [0.29, 0.717) is 22.1 Å². The van der Waals surface area contributed by atoms with Crippen molar-refractivity contribution in [1.29, 1.82) is 0 Å². The fourth-order valence-electron chi connectivity index (χ4n) is 3.15. The topological polar surface area (TPSA) is 64.3 Å². The van der Waals surface area contributed by atoms with Gasteiger partial charge in [0.15, 0.2) is 4.90 Å². The maximum Gasteiger partial charge on any atom is 0.356 e. The van der Waals surface area contributed by atoms with E-state index in [4.69, 9.17) is 4.42 Å². The van der Waals surface area contributed by atoms with Gasteiger partial charge in [0, 0.05) is 10.9 Å². The molecule has 0 N–H and O–H groups in total. The summed E-state index contributed by atoms with van der Waals surface area (Å²) in [5.74, 6) is 0. The predicted molar refractivity (Wildman–Crippen MR) is 105 cm³/mol. The molecule has 0 aliphatic rings. The van der Waals surface area contributed by atoms with E-state index in [1.165, 1.54) is 12.1 Å². The molecule has 5 heteroatoms. The van der Waals surface area contributed by atoms with Gasteiger partial charge in [0.2, 0.25) is 9.84 Å². The van der Waals surface area contributed by atoms with Gasteiger partial charge >= 0.3 is 5.63 Å². The fourth-order valence-corrected chi connectivity index (χ4v) is 4.66. The van der Waals surface area contributed by atoms with Gasteiger partial charge in [-0.15, -0.1) is 0 Å². The van der Waals surface area contributed by atoms with Crippen molar-refractivity contribution >= 4 is 20.8 Å². The lowest BCUT2D eigenvalue weighted by Crippen LogP contribution is -2.16. The van der Waals surface area contributed by atoms with Crippen LogP contribution < -0.4 is 5.63 Å². The molecule has 0 aliphatic carbocycles. The van der Waals surface area contributed by atoms with Crippen LogP contribution in [0.15, 0.2) is 97.9 Å². The summed E-state index contributed by atoms with van der Waals surface area (Å²) in [6.07, 6.45) is 0. The van der Waals surface area contributed by atoms with E-state index in [2.05, 4.69) is 0 Å². The summed E-state index contributed by atoms with van der Waals surface area (Å²) in [5, 5.41) is 0.593. The number of hydrogen-bond donors (Lipinski definition) is 0. The second-order valence-electron chi connectivity index (χ2n) is 6.28. The summed E-state index contributed by atoms with van der Waals surface area (Å²) in [6.45, 7) is 1.91. The normalized spacial score (nSPS) is 11.6. The van der Waals surface area contributed by atoms with Gasteiger partial charge in [-0.25, -0.2) is 13.2 Å². The third kappa shape index (κ3) is 2.96. The molecule has 1 aromatic heterocycles. The van der Waals surface area contributed by atoms with E-state index in [0.717, 1.165) is 5.56 Å². The zero-order valence-electron chi connectivity index (χ0n) is 14.5. The third-order valence-corrected chi connectivity index (χ3v) is 6.21. The van der Waals surface area contributed by atoms with Crippen molar-refractivity contribution in [2.75, 3.05) is 0 Å². The van der Waals surface area contributed by atoms with Gasteiger partial charge in [0.25, 0.3) is 0 Å². The SMILES string of the molecule is Cc1ccc2oc(=O)c(S(=O)(=O)c3ccccc3)c(-c3ccccc3)c2c1. The van der Waals surface area contributed by atoms with Crippen molar-refractivity contribution in [3.63, 3.8) is 0 Å². The van der Waals surface area contributed by atoms with Gasteiger partial charge in [-0.05, 0) is 36.8 Å². The molecular formula is C22H16O4S. The highest BCUT2D eigenvalue weighted by Gasteiger charge is 2.29. The molecule has 0 aliphatic heterocycles. The number of benzene rings is 3. The minimum absolute atomic E-state index is 0.0569. The van der Waals surface area contributed by atoms with Crippen LogP contribution >= 0.6 is 0 Å². The monoisotopic (exact) mass is 376 g/mol. The van der Waals surface area contributed by atoms with Crippen molar-refractivity contribution in [1.82, 2.24) is 0 Å². The minimum atomic E-state index is -4.06. The Labute approximate surface area is 156 Å². The van der Waals surface area contributed by atoms with Gasteiger partial charge in [0.1, 0.15) is 5.58 Å². The molecule has 0 fully saturated rings. The number of fused-ring (bicyclic) bond motifs is 1. The second kappa shape index (κ2) is 6.52. The standard InChI is InChI=1S/C22H16O4S/c1-15-12-13-19-18(14-15)20(16-8-4-2-5-9-16)21(22(23)26-19)27(24,25)17-10-6-3-7-11-17/h2-14H,1H3. The minimum Gasteiger partial charge on any atom is -0.422 e. The van der Waals surface area contributed by atoms with Crippen molar-refractivity contribution < 1.29 is 12.8 Å². The molecule has 0 unspecified atom stereocenters. The molecule has 0 bridgehead atoms. The molecule has 0 atom stereocenters. The van der Waals surface area contributed by atoms with Crippen LogP contribution in [-0.2, 0) is 9.84 Å². The van der Waals surface area contributed by atoms with Gasteiger partial charge in [-0.3, -0.25) is 0 Å². The molecule has 0 amide bonds. The Balaban J connectivity index is 2.19. The van der Waals surface area contributed by atoms with E-state index < -0.39 is 15.5 Å². The summed E-state index contributed by atoms with van der Waals surface area (Å²) in [6, 6.07) is 22.3. The number of rotatable bonds is 3. The first kappa shape index (κ1) is 17.2. The molecule has 3 aromatic carbocycles. The van der Waals surface area contributed by atoms with E-state index in [1.54, 1.807) is 36.4 Å². The Morgan fingerprint density at radius 3 is 2.11 bits per heavy atom.